The lowest BCUT2D eigenvalue weighted by Crippen LogP contribution is -2.24. The van der Waals surface area contributed by atoms with Crippen molar-refractivity contribution in [3.05, 3.63) is 70.1 Å². The van der Waals surface area contributed by atoms with E-state index in [-0.39, 0.29) is 5.56 Å². The van der Waals surface area contributed by atoms with Crippen molar-refractivity contribution in [2.75, 3.05) is 0 Å². The zero-order valence-electron chi connectivity index (χ0n) is 8.79. The molecule has 0 saturated carbocycles. The molecule has 1 aromatic heterocycles. The van der Waals surface area contributed by atoms with E-state index in [1.165, 1.54) is 10.6 Å². The lowest BCUT2D eigenvalue weighted by molar-refractivity contribution is 0.0313. The SMILES string of the molecule is O=C1OC(n2ccc[c]c2=O)c2ccccc21. The molecule has 3 rings (SSSR count). The zero-order chi connectivity index (χ0) is 11.8. The maximum absolute atomic E-state index is 11.6. The van der Waals surface area contributed by atoms with Crippen LogP contribution in [0.5, 0.6) is 0 Å². The van der Waals surface area contributed by atoms with Crippen LogP contribution in [0.4, 0.5) is 0 Å². The second kappa shape index (κ2) is 3.59. The average molecular weight is 226 g/mol. The van der Waals surface area contributed by atoms with Crippen molar-refractivity contribution < 1.29 is 9.53 Å². The quantitative estimate of drug-likeness (QED) is 0.690. The lowest BCUT2D eigenvalue weighted by atomic mass is 10.1. The van der Waals surface area contributed by atoms with E-state index in [0.29, 0.717) is 11.1 Å². The zero-order valence-corrected chi connectivity index (χ0v) is 8.79. The minimum absolute atomic E-state index is 0.318. The molecule has 0 N–H and O–H groups in total. The van der Waals surface area contributed by atoms with Crippen LogP contribution in [0.2, 0.25) is 0 Å². The van der Waals surface area contributed by atoms with Crippen molar-refractivity contribution in [2.24, 2.45) is 0 Å². The first-order valence-corrected chi connectivity index (χ1v) is 5.16. The fraction of sp³-hybridized carbons (Fsp3) is 0.0769. The predicted molar refractivity (Wildman–Crippen MR) is 59.5 cm³/mol. The summed E-state index contributed by atoms with van der Waals surface area (Å²) >= 11 is 0. The summed E-state index contributed by atoms with van der Waals surface area (Å²) in [6, 6.07) is 12.8. The van der Waals surface area contributed by atoms with E-state index in [4.69, 9.17) is 4.74 Å². The molecular formula is C13H8NO3. The van der Waals surface area contributed by atoms with Gasteiger partial charge in [-0.05, 0) is 18.2 Å². The Balaban J connectivity index is 2.17. The fourth-order valence-corrected chi connectivity index (χ4v) is 1.92. The van der Waals surface area contributed by atoms with E-state index < -0.39 is 12.2 Å². The van der Waals surface area contributed by atoms with Gasteiger partial charge in [0.05, 0.1) is 11.6 Å². The fourth-order valence-electron chi connectivity index (χ4n) is 1.92. The largest absolute Gasteiger partial charge is 0.433 e. The normalized spacial score (nSPS) is 17.6. The molecule has 1 aliphatic rings. The van der Waals surface area contributed by atoms with Crippen molar-refractivity contribution in [1.82, 2.24) is 4.57 Å². The Hall–Kier alpha value is -2.36. The number of hydrogen-bond donors (Lipinski definition) is 0. The number of pyridine rings is 1. The summed E-state index contributed by atoms with van der Waals surface area (Å²) in [5, 5.41) is 0. The number of carbonyl (C=O) groups is 1. The molecule has 0 bridgehead atoms. The topological polar surface area (TPSA) is 48.3 Å². The third kappa shape index (κ3) is 1.45. The number of cyclic esters (lactones) is 1. The van der Waals surface area contributed by atoms with Gasteiger partial charge < -0.3 is 4.74 Å². The highest BCUT2D eigenvalue weighted by molar-refractivity contribution is 5.93. The Kier molecular flexibility index (Phi) is 2.08. The Morgan fingerprint density at radius 3 is 2.82 bits per heavy atom. The summed E-state index contributed by atoms with van der Waals surface area (Å²) in [4.78, 5) is 23.3. The van der Waals surface area contributed by atoms with Crippen molar-refractivity contribution >= 4 is 5.97 Å². The first kappa shape index (κ1) is 9.84. The maximum atomic E-state index is 11.6. The Morgan fingerprint density at radius 2 is 2.00 bits per heavy atom. The molecule has 1 aliphatic heterocycles. The lowest BCUT2D eigenvalue weighted by Gasteiger charge is -2.13. The monoisotopic (exact) mass is 226 g/mol. The molecule has 2 aromatic rings. The van der Waals surface area contributed by atoms with Gasteiger partial charge >= 0.3 is 5.97 Å². The van der Waals surface area contributed by atoms with Gasteiger partial charge in [-0.25, -0.2) is 4.79 Å². The van der Waals surface area contributed by atoms with Gasteiger partial charge in [0.25, 0.3) is 5.56 Å². The Bertz CT molecular complexity index is 645. The minimum Gasteiger partial charge on any atom is -0.433 e. The number of aromatic nitrogens is 1. The van der Waals surface area contributed by atoms with Crippen LogP contribution in [0.3, 0.4) is 0 Å². The van der Waals surface area contributed by atoms with Crippen LogP contribution in [-0.4, -0.2) is 10.5 Å². The summed E-state index contributed by atoms with van der Waals surface area (Å²) in [5.41, 5.74) is 0.898. The molecule has 1 unspecified atom stereocenters. The van der Waals surface area contributed by atoms with Crippen LogP contribution in [0.25, 0.3) is 0 Å². The van der Waals surface area contributed by atoms with Gasteiger partial charge in [-0.2, -0.15) is 0 Å². The molecule has 4 nitrogen and oxygen atoms in total. The number of ether oxygens (including phenoxy) is 1. The second-order valence-electron chi connectivity index (χ2n) is 3.71. The summed E-state index contributed by atoms with van der Waals surface area (Å²) in [6.45, 7) is 0. The smallest absolute Gasteiger partial charge is 0.340 e. The Labute approximate surface area is 97.1 Å². The Morgan fingerprint density at radius 1 is 1.18 bits per heavy atom. The van der Waals surface area contributed by atoms with Gasteiger partial charge in [0.1, 0.15) is 0 Å². The van der Waals surface area contributed by atoms with E-state index in [0.717, 1.165) is 0 Å². The van der Waals surface area contributed by atoms with Crippen molar-refractivity contribution in [3.63, 3.8) is 0 Å². The molecule has 1 aromatic carbocycles. The summed E-state index contributed by atoms with van der Waals surface area (Å²) in [7, 11) is 0. The molecule has 4 heteroatoms. The highest BCUT2D eigenvalue weighted by atomic mass is 16.6. The standard InChI is InChI=1S/C13H8NO3/c15-11-7-3-4-8-14(11)12-9-5-1-2-6-10(9)13(16)17-12/h1-6,8,12H. The number of fused-ring (bicyclic) bond motifs is 1. The third-order valence-electron chi connectivity index (χ3n) is 2.70. The molecule has 17 heavy (non-hydrogen) atoms. The molecule has 1 radical (unpaired) electrons. The second-order valence-corrected chi connectivity index (χ2v) is 3.71. The predicted octanol–water partition coefficient (Wildman–Crippen LogP) is 1.37. The van der Waals surface area contributed by atoms with Crippen LogP contribution in [0, 0.1) is 6.07 Å². The number of rotatable bonds is 1. The highest BCUT2D eigenvalue weighted by Crippen LogP contribution is 2.30. The van der Waals surface area contributed by atoms with Crippen LogP contribution < -0.4 is 5.56 Å². The maximum Gasteiger partial charge on any atom is 0.340 e. The first-order chi connectivity index (χ1) is 8.27. The number of benzene rings is 1. The third-order valence-corrected chi connectivity index (χ3v) is 2.70. The molecule has 0 aliphatic carbocycles. The molecule has 0 saturated heterocycles. The number of hydrogen-bond acceptors (Lipinski definition) is 3. The van der Waals surface area contributed by atoms with E-state index in [1.54, 1.807) is 30.5 Å². The van der Waals surface area contributed by atoms with Gasteiger partial charge in [-0.1, -0.05) is 18.2 Å². The summed E-state index contributed by atoms with van der Waals surface area (Å²) in [6.07, 6.45) is 0.905. The number of esters is 1. The van der Waals surface area contributed by atoms with Crippen LogP contribution in [0.15, 0.2) is 47.4 Å². The van der Waals surface area contributed by atoms with Crippen molar-refractivity contribution in [2.45, 2.75) is 6.23 Å². The summed E-state index contributed by atoms with van der Waals surface area (Å²) < 4.78 is 6.55. The van der Waals surface area contributed by atoms with Crippen LogP contribution in [-0.2, 0) is 4.74 Å². The molecule has 1 atom stereocenters. The molecular weight excluding hydrogens is 218 g/mol. The highest BCUT2D eigenvalue weighted by Gasteiger charge is 2.31. The van der Waals surface area contributed by atoms with Crippen LogP contribution in [0.1, 0.15) is 22.1 Å². The van der Waals surface area contributed by atoms with Gasteiger partial charge in [-0.3, -0.25) is 9.36 Å². The molecule has 83 valence electrons. The van der Waals surface area contributed by atoms with Gasteiger partial charge in [-0.15, -0.1) is 0 Å². The van der Waals surface area contributed by atoms with Crippen LogP contribution >= 0.6 is 0 Å². The molecule has 0 spiro atoms. The number of nitrogens with zero attached hydrogens (tertiary/aromatic N) is 1. The van der Waals surface area contributed by atoms with E-state index in [2.05, 4.69) is 6.07 Å². The molecule has 0 amide bonds. The van der Waals surface area contributed by atoms with Gasteiger partial charge in [0.2, 0.25) is 6.23 Å². The minimum atomic E-state index is -0.677. The molecule has 2 heterocycles. The average Bonchev–Trinajstić information content (AvgIpc) is 2.68. The summed E-state index contributed by atoms with van der Waals surface area (Å²) in [5.74, 6) is -0.402. The van der Waals surface area contributed by atoms with E-state index in [1.807, 2.05) is 6.07 Å². The van der Waals surface area contributed by atoms with Gasteiger partial charge in [0.15, 0.2) is 0 Å². The van der Waals surface area contributed by atoms with Crippen molar-refractivity contribution in [3.8, 4) is 0 Å². The van der Waals surface area contributed by atoms with E-state index >= 15 is 0 Å². The van der Waals surface area contributed by atoms with Gasteiger partial charge in [0, 0.05) is 11.8 Å². The molecule has 0 fully saturated rings. The van der Waals surface area contributed by atoms with E-state index in [9.17, 15) is 9.59 Å². The first-order valence-electron chi connectivity index (χ1n) is 5.16. The number of carbonyl (C=O) groups excluding carboxylic acids is 1. The van der Waals surface area contributed by atoms with Crippen molar-refractivity contribution in [1.29, 1.82) is 0 Å².